The molecule has 0 aliphatic carbocycles. The van der Waals surface area contributed by atoms with Gasteiger partial charge in [-0.3, -0.25) is 0 Å². The molecule has 8 heavy (non-hydrogen) atoms. The van der Waals surface area contributed by atoms with E-state index in [4.69, 9.17) is 0 Å². The van der Waals surface area contributed by atoms with Crippen LogP contribution in [0.15, 0.2) is 0 Å². The van der Waals surface area contributed by atoms with Gasteiger partial charge in [-0.1, -0.05) is 7.60 Å². The van der Waals surface area contributed by atoms with Crippen LogP contribution in [0, 0.1) is 0 Å². The Kier molecular flexibility index (Phi) is 18.5. The molecule has 0 aliphatic heterocycles. The maximum Gasteiger partial charge on any atom is 1.00 e. The molecule has 7 heteroatoms. The van der Waals surface area contributed by atoms with E-state index in [1.165, 1.54) is 0 Å². The Labute approximate surface area is 133 Å². The molecule has 0 fully saturated rings. The first-order chi connectivity index (χ1) is 2.56. The zero-order valence-electron chi connectivity index (χ0n) is 4.96. The second-order valence-corrected chi connectivity index (χ2v) is 2.38. The first kappa shape index (κ1) is 17.5. The molecule has 0 aromatic rings. The summed E-state index contributed by atoms with van der Waals surface area (Å²) in [6.45, 7) is 0. The van der Waals surface area contributed by atoms with E-state index in [0.717, 1.165) is 0 Å². The van der Waals surface area contributed by atoms with Crippen LogP contribution >= 0.6 is 7.60 Å². The zero-order chi connectivity index (χ0) is 5.21. The molecule has 0 aromatic heterocycles. The summed E-state index contributed by atoms with van der Waals surface area (Å²) in [5.41, 5.74) is 4.42. The van der Waals surface area contributed by atoms with Crippen molar-refractivity contribution in [1.82, 2.24) is 0 Å². The molecule has 38 valence electrons. The summed E-state index contributed by atoms with van der Waals surface area (Å²) in [4.78, 5) is 18.7. The van der Waals surface area contributed by atoms with Crippen molar-refractivity contribution in [3.63, 3.8) is 0 Å². The van der Waals surface area contributed by atoms with Crippen molar-refractivity contribution in [2.45, 2.75) is 0 Å². The Bertz CT molecular complexity index is 81.4. The van der Waals surface area contributed by atoms with Gasteiger partial charge in [0, 0.05) is 6.29 Å². The summed E-state index contributed by atoms with van der Waals surface area (Å²) in [6.07, 6.45) is -0.785. The summed E-state index contributed by atoms with van der Waals surface area (Å²) < 4.78 is 9.35. The van der Waals surface area contributed by atoms with E-state index in [1.807, 2.05) is 0 Å². The maximum absolute atomic E-state index is 9.35. The van der Waals surface area contributed by atoms with Gasteiger partial charge in [0.25, 0.3) is 0 Å². The van der Waals surface area contributed by atoms with Crippen LogP contribution in [0.3, 0.4) is 0 Å². The van der Waals surface area contributed by atoms with E-state index in [9.17, 15) is 14.4 Å². The minimum Gasteiger partial charge on any atom is -0.810 e. The van der Waals surface area contributed by atoms with Gasteiger partial charge < -0.3 is 20.1 Å². The van der Waals surface area contributed by atoms with E-state index >= 15 is 0 Å². The molecular formula is CH4K2NO3P. The summed E-state index contributed by atoms with van der Waals surface area (Å²) in [5.74, 6) is 0. The van der Waals surface area contributed by atoms with Crippen LogP contribution in [-0.2, 0) is 4.57 Å². The third-order valence-corrected chi connectivity index (χ3v) is 0.671. The van der Waals surface area contributed by atoms with E-state index < -0.39 is 13.9 Å². The van der Waals surface area contributed by atoms with Gasteiger partial charge in [-0.2, -0.15) is 0 Å². The molecule has 0 spiro atoms. The molecule has 0 rings (SSSR count). The Morgan fingerprint density at radius 3 is 1.50 bits per heavy atom. The second-order valence-electron chi connectivity index (χ2n) is 0.793. The van der Waals surface area contributed by atoms with Crippen LogP contribution in [0.4, 0.5) is 0 Å². The summed E-state index contributed by atoms with van der Waals surface area (Å²) >= 11 is 0. The molecule has 0 saturated carbocycles. The van der Waals surface area contributed by atoms with Crippen LogP contribution in [0.2, 0.25) is 0 Å². The second kappa shape index (κ2) is 8.48. The largest absolute Gasteiger partial charge is 1.00 e. The van der Waals surface area contributed by atoms with Gasteiger partial charge in [-0.15, -0.1) is 0 Å². The molecule has 0 atom stereocenters. The van der Waals surface area contributed by atoms with Crippen molar-refractivity contribution in [2.24, 2.45) is 5.73 Å². The van der Waals surface area contributed by atoms with E-state index in [0.29, 0.717) is 0 Å². The number of hydrogen-bond acceptors (Lipinski definition) is 4. The first-order valence-electron chi connectivity index (χ1n) is 1.27. The molecule has 0 unspecified atom stereocenters. The molecule has 0 amide bonds. The standard InChI is InChI=1S/CH6NO3P.2K/c2-1-6(3,4)5;;/h1-2H2,(H2,3,4,5);;/q;2*+1/p-2. The third-order valence-electron chi connectivity index (χ3n) is 0.224. The minimum absolute atomic E-state index is 0. The first-order valence-corrected chi connectivity index (χ1v) is 3.00. The van der Waals surface area contributed by atoms with Crippen LogP contribution in [-0.4, -0.2) is 6.29 Å². The van der Waals surface area contributed by atoms with Crippen molar-refractivity contribution in [3.8, 4) is 0 Å². The quantitative estimate of drug-likeness (QED) is 0.326. The predicted octanol–water partition coefficient (Wildman–Crippen LogP) is -8.18. The normalized spacial score (nSPS) is 8.88. The van der Waals surface area contributed by atoms with Crippen LogP contribution in [0.1, 0.15) is 0 Å². The fourth-order valence-electron chi connectivity index (χ4n) is 0. The SMILES string of the molecule is NCP(=O)([O-])[O-].[K+].[K+]. The zero-order valence-corrected chi connectivity index (χ0v) is 12.1. The van der Waals surface area contributed by atoms with Crippen molar-refractivity contribution in [3.05, 3.63) is 0 Å². The molecule has 0 radical (unpaired) electrons. The Morgan fingerprint density at radius 2 is 1.50 bits per heavy atom. The van der Waals surface area contributed by atoms with Crippen molar-refractivity contribution < 1.29 is 117 Å². The van der Waals surface area contributed by atoms with E-state index in [-0.39, 0.29) is 103 Å². The summed E-state index contributed by atoms with van der Waals surface area (Å²) in [7, 11) is -4.37. The molecule has 0 saturated heterocycles. The van der Waals surface area contributed by atoms with E-state index in [2.05, 4.69) is 5.73 Å². The van der Waals surface area contributed by atoms with Gasteiger partial charge in [0.2, 0.25) is 0 Å². The van der Waals surface area contributed by atoms with Gasteiger partial charge >= 0.3 is 103 Å². The fraction of sp³-hybridized carbons (Fsp3) is 1.00. The van der Waals surface area contributed by atoms with Gasteiger partial charge in [-0.25, -0.2) is 0 Å². The number of nitrogens with two attached hydrogens (primary N) is 1. The number of rotatable bonds is 1. The van der Waals surface area contributed by atoms with Gasteiger partial charge in [0.05, 0.1) is 0 Å². The van der Waals surface area contributed by atoms with Crippen LogP contribution in [0.5, 0.6) is 0 Å². The molecular weight excluding hydrogens is 183 g/mol. The molecule has 2 N–H and O–H groups in total. The van der Waals surface area contributed by atoms with Gasteiger partial charge in [-0.05, 0) is 0 Å². The van der Waals surface area contributed by atoms with Crippen molar-refractivity contribution in [1.29, 1.82) is 0 Å². The predicted molar refractivity (Wildman–Crippen MR) is 16.7 cm³/mol. The van der Waals surface area contributed by atoms with Crippen molar-refractivity contribution in [2.75, 3.05) is 6.29 Å². The average molecular weight is 187 g/mol. The topological polar surface area (TPSA) is 89.2 Å². The van der Waals surface area contributed by atoms with Crippen molar-refractivity contribution >= 4 is 7.60 Å². The fourth-order valence-corrected chi connectivity index (χ4v) is 0. The summed E-state index contributed by atoms with van der Waals surface area (Å²) in [5, 5.41) is 0. The van der Waals surface area contributed by atoms with Crippen LogP contribution < -0.4 is 118 Å². The Hall–Kier alpha value is 3.38. The van der Waals surface area contributed by atoms with Crippen LogP contribution in [0.25, 0.3) is 0 Å². The number of hydrogen-bond donors (Lipinski definition) is 1. The molecule has 0 aromatic carbocycles. The minimum atomic E-state index is -4.37. The van der Waals surface area contributed by atoms with Gasteiger partial charge in [0.15, 0.2) is 0 Å². The monoisotopic (exact) mass is 187 g/mol. The molecule has 0 bridgehead atoms. The Balaban J connectivity index is -0.000000125. The maximum atomic E-state index is 9.35. The molecule has 0 heterocycles. The average Bonchev–Trinajstić information content (AvgIpc) is 1.35. The Morgan fingerprint density at radius 1 is 1.38 bits per heavy atom. The smallest absolute Gasteiger partial charge is 0.810 e. The van der Waals surface area contributed by atoms with E-state index in [1.54, 1.807) is 0 Å². The molecule has 0 aliphatic rings. The summed E-state index contributed by atoms with van der Waals surface area (Å²) in [6, 6.07) is 0. The third kappa shape index (κ3) is 16.2. The molecule has 4 nitrogen and oxygen atoms in total. The van der Waals surface area contributed by atoms with Gasteiger partial charge in [0.1, 0.15) is 0 Å².